The molecule has 0 amide bonds. The number of aromatic hydroxyl groups is 1. The molecule has 3 aromatic rings. The summed E-state index contributed by atoms with van der Waals surface area (Å²) in [5.41, 5.74) is 1.55. The first-order chi connectivity index (χ1) is 14.4. The van der Waals surface area contributed by atoms with Crippen molar-refractivity contribution in [2.45, 2.75) is 13.8 Å². The molecule has 0 aliphatic carbocycles. The molecular formula is C22H21N3O4S. The van der Waals surface area contributed by atoms with Crippen molar-refractivity contribution < 1.29 is 14.6 Å². The van der Waals surface area contributed by atoms with Crippen LogP contribution in [0.15, 0.2) is 51.2 Å². The highest BCUT2D eigenvalue weighted by atomic mass is 32.1. The zero-order chi connectivity index (χ0) is 21.3. The average Bonchev–Trinajstić information content (AvgIpc) is 3.28. The van der Waals surface area contributed by atoms with Gasteiger partial charge in [-0.25, -0.2) is 9.98 Å². The number of hydrogen-bond donors (Lipinski definition) is 2. The summed E-state index contributed by atoms with van der Waals surface area (Å²) in [6, 6.07) is 11.2. The summed E-state index contributed by atoms with van der Waals surface area (Å²) in [6.07, 6.45) is 1.73. The molecule has 0 bridgehead atoms. The van der Waals surface area contributed by atoms with Crippen LogP contribution in [0.25, 0.3) is 6.08 Å². The Morgan fingerprint density at radius 2 is 2.00 bits per heavy atom. The van der Waals surface area contributed by atoms with E-state index in [1.807, 2.05) is 36.4 Å². The molecule has 2 N–H and O–H groups in total. The molecule has 0 unspecified atom stereocenters. The fourth-order valence-corrected chi connectivity index (χ4v) is 3.65. The van der Waals surface area contributed by atoms with Gasteiger partial charge < -0.3 is 14.6 Å². The molecule has 154 valence electrons. The van der Waals surface area contributed by atoms with E-state index in [2.05, 4.69) is 28.8 Å². The van der Waals surface area contributed by atoms with Crippen LogP contribution in [-0.4, -0.2) is 29.6 Å². The molecule has 0 spiro atoms. The largest absolute Gasteiger partial charge is 0.493 e. The average molecular weight is 423 g/mol. The molecule has 0 fully saturated rings. The van der Waals surface area contributed by atoms with E-state index in [4.69, 9.17) is 9.47 Å². The van der Waals surface area contributed by atoms with Gasteiger partial charge in [-0.05, 0) is 47.5 Å². The minimum Gasteiger partial charge on any atom is -0.493 e. The van der Waals surface area contributed by atoms with Gasteiger partial charge in [-0.15, -0.1) is 0 Å². The molecule has 0 atom stereocenters. The van der Waals surface area contributed by atoms with Gasteiger partial charge in [0.25, 0.3) is 0 Å². The molecule has 30 heavy (non-hydrogen) atoms. The van der Waals surface area contributed by atoms with Crippen LogP contribution in [0.4, 0.5) is 5.69 Å². The van der Waals surface area contributed by atoms with Crippen LogP contribution in [0.3, 0.4) is 0 Å². The van der Waals surface area contributed by atoms with E-state index in [0.717, 1.165) is 33.2 Å². The highest BCUT2D eigenvalue weighted by Crippen LogP contribution is 2.29. The van der Waals surface area contributed by atoms with Crippen LogP contribution in [0.1, 0.15) is 24.3 Å². The van der Waals surface area contributed by atoms with Crippen LogP contribution in [0, 0.1) is 5.92 Å². The van der Waals surface area contributed by atoms with E-state index in [-0.39, 0.29) is 10.8 Å². The summed E-state index contributed by atoms with van der Waals surface area (Å²) >= 11 is 0.949. The standard InChI is InChI=1S/C22H21N3O4S/c1-12(2)11-29-17-7-5-14(10-18(17)28-3)20-23-15-6-4-13(8-16(15)24-20)9-19-21(26)25-22(27)30-19/h4-10,12,26H,11H2,1-3H3,(H,25,27). The number of ether oxygens (including phenoxy) is 2. The van der Waals surface area contributed by atoms with Crippen molar-refractivity contribution in [1.29, 1.82) is 0 Å². The highest BCUT2D eigenvalue weighted by molar-refractivity contribution is 7.10. The molecule has 8 heteroatoms. The minimum absolute atomic E-state index is 0.133. The first-order valence-electron chi connectivity index (χ1n) is 9.45. The van der Waals surface area contributed by atoms with Crippen molar-refractivity contribution in [2.24, 2.45) is 15.9 Å². The Hall–Kier alpha value is -3.39. The van der Waals surface area contributed by atoms with Crippen LogP contribution < -0.4 is 24.9 Å². The summed E-state index contributed by atoms with van der Waals surface area (Å²) in [5.74, 6) is 2.19. The Morgan fingerprint density at radius 1 is 1.17 bits per heavy atom. The highest BCUT2D eigenvalue weighted by Gasteiger charge is 2.14. The third-order valence-electron chi connectivity index (χ3n) is 4.40. The summed E-state index contributed by atoms with van der Waals surface area (Å²) in [4.78, 5) is 23.1. The predicted molar refractivity (Wildman–Crippen MR) is 117 cm³/mol. The van der Waals surface area contributed by atoms with Crippen molar-refractivity contribution in [2.75, 3.05) is 13.7 Å². The number of benzene rings is 2. The van der Waals surface area contributed by atoms with Crippen molar-refractivity contribution >= 4 is 28.9 Å². The maximum absolute atomic E-state index is 11.4. The number of nitrogens with zero attached hydrogens (tertiary/aromatic N) is 2. The fraction of sp³-hybridized carbons (Fsp3) is 0.227. The Labute approximate surface area is 176 Å². The quantitative estimate of drug-likeness (QED) is 0.637. The Bertz CT molecular complexity index is 1300. The first-order valence-corrected chi connectivity index (χ1v) is 10.3. The van der Waals surface area contributed by atoms with Gasteiger partial charge >= 0.3 is 4.87 Å². The molecule has 0 radical (unpaired) electrons. The van der Waals surface area contributed by atoms with Crippen molar-refractivity contribution in [3.8, 4) is 17.4 Å². The smallest absolute Gasteiger partial charge is 0.307 e. The fourth-order valence-electron chi connectivity index (χ4n) is 2.96. The zero-order valence-corrected chi connectivity index (χ0v) is 17.6. The lowest BCUT2D eigenvalue weighted by Gasteiger charge is -2.13. The van der Waals surface area contributed by atoms with Crippen molar-refractivity contribution in [1.82, 2.24) is 4.98 Å². The Balaban J connectivity index is 1.65. The van der Waals surface area contributed by atoms with Gasteiger partial charge in [0.15, 0.2) is 17.3 Å². The normalized spacial score (nSPS) is 13.2. The molecule has 1 aliphatic rings. The number of aromatic nitrogens is 1. The molecule has 2 aromatic carbocycles. The van der Waals surface area contributed by atoms with E-state index >= 15 is 0 Å². The van der Waals surface area contributed by atoms with Crippen LogP contribution in [0.5, 0.6) is 17.4 Å². The second kappa shape index (κ2) is 8.16. The lowest BCUT2D eigenvalue weighted by Crippen LogP contribution is -2.07. The SMILES string of the molecule is COc1cc(C2=Nc3cc(=Cc4sc(=O)[nH]c4O)ccc3=N2)ccc1OCC(C)C. The van der Waals surface area contributed by atoms with E-state index in [1.165, 1.54) is 0 Å². The van der Waals surface area contributed by atoms with Crippen LogP contribution in [0.2, 0.25) is 0 Å². The van der Waals surface area contributed by atoms with Gasteiger partial charge in [-0.1, -0.05) is 31.3 Å². The van der Waals surface area contributed by atoms with E-state index in [1.54, 1.807) is 13.2 Å². The number of nitrogens with one attached hydrogen (secondary N) is 1. The van der Waals surface area contributed by atoms with Gasteiger partial charge in [-0.2, -0.15) is 0 Å². The molecule has 0 saturated heterocycles. The lowest BCUT2D eigenvalue weighted by atomic mass is 10.2. The van der Waals surface area contributed by atoms with Crippen molar-refractivity contribution in [3.05, 3.63) is 67.1 Å². The molecule has 7 nitrogen and oxygen atoms in total. The summed E-state index contributed by atoms with van der Waals surface area (Å²) in [7, 11) is 1.61. The molecule has 1 aliphatic heterocycles. The second-order valence-corrected chi connectivity index (χ2v) is 8.25. The number of aromatic amines is 1. The van der Waals surface area contributed by atoms with Crippen LogP contribution >= 0.6 is 11.3 Å². The summed E-state index contributed by atoms with van der Waals surface area (Å²) in [6.45, 7) is 4.79. The number of amidine groups is 1. The van der Waals surface area contributed by atoms with Gasteiger partial charge in [0.05, 0.1) is 29.6 Å². The summed E-state index contributed by atoms with van der Waals surface area (Å²) < 4.78 is 11.3. The van der Waals surface area contributed by atoms with Crippen molar-refractivity contribution in [3.63, 3.8) is 0 Å². The van der Waals surface area contributed by atoms with Gasteiger partial charge in [0.2, 0.25) is 5.88 Å². The number of aliphatic imine (C=N–C) groups is 1. The maximum atomic E-state index is 11.4. The number of H-pyrrole nitrogens is 1. The lowest BCUT2D eigenvalue weighted by molar-refractivity contribution is 0.257. The molecule has 2 heterocycles. The van der Waals surface area contributed by atoms with Gasteiger partial charge in [0.1, 0.15) is 0 Å². The number of thiazole rings is 1. The number of rotatable bonds is 6. The Kier molecular flexibility index (Phi) is 5.41. The third-order valence-corrected chi connectivity index (χ3v) is 5.22. The molecule has 4 rings (SSSR count). The number of fused-ring (bicyclic) bond motifs is 1. The Morgan fingerprint density at radius 3 is 2.70 bits per heavy atom. The predicted octanol–water partition coefficient (Wildman–Crippen LogP) is 2.73. The van der Waals surface area contributed by atoms with E-state index in [0.29, 0.717) is 34.7 Å². The topological polar surface area (TPSA) is 96.3 Å². The zero-order valence-electron chi connectivity index (χ0n) is 16.8. The monoisotopic (exact) mass is 423 g/mol. The van der Waals surface area contributed by atoms with Gasteiger partial charge in [0, 0.05) is 5.56 Å². The number of methoxy groups -OCH3 is 1. The van der Waals surface area contributed by atoms with E-state index in [9.17, 15) is 9.90 Å². The third kappa shape index (κ3) is 4.13. The summed E-state index contributed by atoms with van der Waals surface area (Å²) in [5, 5.41) is 11.3. The van der Waals surface area contributed by atoms with Crippen LogP contribution in [-0.2, 0) is 0 Å². The molecule has 1 aromatic heterocycles. The maximum Gasteiger partial charge on any atom is 0.307 e. The second-order valence-electron chi connectivity index (χ2n) is 7.24. The first kappa shape index (κ1) is 19.9. The van der Waals surface area contributed by atoms with E-state index < -0.39 is 0 Å². The minimum atomic E-state index is -0.301. The molecular weight excluding hydrogens is 402 g/mol. The molecule has 0 saturated carbocycles. The van der Waals surface area contributed by atoms with Gasteiger partial charge in [-0.3, -0.25) is 9.78 Å². The number of hydrogen-bond acceptors (Lipinski definition) is 7.